The lowest BCUT2D eigenvalue weighted by Gasteiger charge is -2.58. The van der Waals surface area contributed by atoms with E-state index in [9.17, 15) is 0 Å². The molecule has 4 aliphatic rings. The van der Waals surface area contributed by atoms with Gasteiger partial charge in [0.05, 0.1) is 0 Å². The fourth-order valence-electron chi connectivity index (χ4n) is 14.0. The average Bonchev–Trinajstić information content (AvgIpc) is 3.57. The highest BCUT2D eigenvalue weighted by molar-refractivity contribution is 5.25. The number of unbranched alkanes of at least 4 members (excludes halogenated alkanes) is 15. The molecule has 4 aliphatic carbocycles. The SMILES string of the molecule is CCCCC/C=C\C/C=C\CCCCCCCCCCC(CCCCCCC[C@H]1CC[C@@]2(C)C(=CCC3C4CCC(C(C)CCCC(C)C)[C@@]4(C)CCC32)C1)CN(C)C. The minimum Gasteiger partial charge on any atom is -0.309 e. The first-order chi connectivity index (χ1) is 28.6. The lowest BCUT2D eigenvalue weighted by Crippen LogP contribution is -2.50. The van der Waals surface area contributed by atoms with Crippen molar-refractivity contribution in [3.63, 3.8) is 0 Å². The summed E-state index contributed by atoms with van der Waals surface area (Å²) in [4.78, 5) is 2.45. The van der Waals surface area contributed by atoms with E-state index >= 15 is 0 Å². The first-order valence-corrected chi connectivity index (χ1v) is 27.2. The molecule has 0 N–H and O–H groups in total. The molecule has 1 nitrogen and oxygen atoms in total. The summed E-state index contributed by atoms with van der Waals surface area (Å²) < 4.78 is 0. The summed E-state index contributed by atoms with van der Waals surface area (Å²) in [6, 6.07) is 0. The Balaban J connectivity index is 1.02. The van der Waals surface area contributed by atoms with Gasteiger partial charge in [-0.1, -0.05) is 193 Å². The highest BCUT2D eigenvalue weighted by Gasteiger charge is 2.59. The molecule has 3 fully saturated rings. The van der Waals surface area contributed by atoms with E-state index in [2.05, 4.69) is 90.9 Å². The van der Waals surface area contributed by atoms with Crippen LogP contribution in [0.2, 0.25) is 0 Å². The highest BCUT2D eigenvalue weighted by Crippen LogP contribution is 2.67. The Labute approximate surface area is 371 Å². The monoisotopic (exact) mass is 816 g/mol. The summed E-state index contributed by atoms with van der Waals surface area (Å²) in [5, 5.41) is 0. The van der Waals surface area contributed by atoms with Crippen LogP contribution in [-0.4, -0.2) is 25.5 Å². The van der Waals surface area contributed by atoms with Crippen LogP contribution in [0.25, 0.3) is 0 Å². The van der Waals surface area contributed by atoms with Gasteiger partial charge in [-0.3, -0.25) is 0 Å². The van der Waals surface area contributed by atoms with Gasteiger partial charge in [0.15, 0.2) is 0 Å². The minimum absolute atomic E-state index is 0.521. The zero-order valence-corrected chi connectivity index (χ0v) is 41.5. The highest BCUT2D eigenvalue weighted by atomic mass is 15.1. The van der Waals surface area contributed by atoms with Crippen LogP contribution in [0.5, 0.6) is 0 Å². The lowest BCUT2D eigenvalue weighted by atomic mass is 9.46. The Morgan fingerprint density at radius 3 is 1.92 bits per heavy atom. The molecule has 0 saturated heterocycles. The molecule has 0 aromatic carbocycles. The molecular weight excluding hydrogens is 711 g/mol. The first-order valence-electron chi connectivity index (χ1n) is 27.2. The summed E-state index contributed by atoms with van der Waals surface area (Å²) in [6.45, 7) is 16.5. The van der Waals surface area contributed by atoms with E-state index in [1.165, 1.54) is 212 Å². The van der Waals surface area contributed by atoms with Crippen LogP contribution in [0, 0.1) is 58.2 Å². The zero-order chi connectivity index (χ0) is 42.4. The molecule has 59 heavy (non-hydrogen) atoms. The van der Waals surface area contributed by atoms with Crippen molar-refractivity contribution in [1.82, 2.24) is 4.90 Å². The second-order valence-electron chi connectivity index (χ2n) is 23.0. The summed E-state index contributed by atoms with van der Waals surface area (Å²) in [6.07, 6.45) is 59.6. The van der Waals surface area contributed by atoms with Gasteiger partial charge in [0.2, 0.25) is 0 Å². The van der Waals surface area contributed by atoms with Gasteiger partial charge in [0.25, 0.3) is 0 Å². The molecule has 9 atom stereocenters. The average molecular weight is 816 g/mol. The normalized spacial score (nSPS) is 29.3. The Bertz CT molecular complexity index is 1170. The van der Waals surface area contributed by atoms with Gasteiger partial charge in [-0.2, -0.15) is 0 Å². The van der Waals surface area contributed by atoms with Crippen LogP contribution in [0.15, 0.2) is 36.0 Å². The van der Waals surface area contributed by atoms with Gasteiger partial charge in [-0.05, 0) is 169 Å². The van der Waals surface area contributed by atoms with Crippen molar-refractivity contribution < 1.29 is 0 Å². The smallest absolute Gasteiger partial charge is 0.000356 e. The molecule has 4 rings (SSSR count). The Hall–Kier alpha value is -0.820. The number of nitrogens with zero attached hydrogens (tertiary/aromatic N) is 1. The van der Waals surface area contributed by atoms with Crippen LogP contribution >= 0.6 is 0 Å². The fraction of sp³-hybridized carbons (Fsp3) is 0.897. The Morgan fingerprint density at radius 1 is 0.644 bits per heavy atom. The number of allylic oxidation sites excluding steroid dienone is 6. The summed E-state index contributed by atoms with van der Waals surface area (Å²) >= 11 is 0. The quantitative estimate of drug-likeness (QED) is 0.0483. The van der Waals surface area contributed by atoms with Crippen LogP contribution in [-0.2, 0) is 0 Å². The number of rotatable bonds is 32. The van der Waals surface area contributed by atoms with E-state index in [-0.39, 0.29) is 0 Å². The van der Waals surface area contributed by atoms with Gasteiger partial charge in [-0.25, -0.2) is 0 Å². The van der Waals surface area contributed by atoms with Crippen LogP contribution < -0.4 is 0 Å². The predicted octanol–water partition coefficient (Wildman–Crippen LogP) is 18.5. The third-order valence-electron chi connectivity index (χ3n) is 17.6. The molecule has 6 unspecified atom stereocenters. The van der Waals surface area contributed by atoms with Crippen LogP contribution in [0.4, 0.5) is 0 Å². The summed E-state index contributed by atoms with van der Waals surface area (Å²) in [5.41, 5.74) is 3.06. The molecule has 0 amide bonds. The molecule has 0 aliphatic heterocycles. The third-order valence-corrected chi connectivity index (χ3v) is 17.6. The third kappa shape index (κ3) is 17.0. The Morgan fingerprint density at radius 2 is 1.27 bits per heavy atom. The molecule has 3 saturated carbocycles. The molecule has 0 bridgehead atoms. The van der Waals surface area contributed by atoms with Crippen molar-refractivity contribution in [3.05, 3.63) is 36.0 Å². The molecule has 0 radical (unpaired) electrons. The predicted molar refractivity (Wildman–Crippen MR) is 264 cm³/mol. The molecule has 0 aromatic heterocycles. The molecular formula is C58H105N. The summed E-state index contributed by atoms with van der Waals surface area (Å²) in [7, 11) is 4.58. The Kier molecular flexibility index (Phi) is 24.2. The number of hydrogen-bond acceptors (Lipinski definition) is 1. The molecule has 0 spiro atoms. The second-order valence-corrected chi connectivity index (χ2v) is 23.0. The van der Waals surface area contributed by atoms with E-state index in [1.807, 2.05) is 5.57 Å². The lowest BCUT2D eigenvalue weighted by molar-refractivity contribution is -0.0529. The maximum atomic E-state index is 2.85. The minimum atomic E-state index is 0.521. The van der Waals surface area contributed by atoms with E-state index in [4.69, 9.17) is 0 Å². The maximum absolute atomic E-state index is 2.85. The van der Waals surface area contributed by atoms with Crippen molar-refractivity contribution in [2.24, 2.45) is 58.2 Å². The number of fused-ring (bicyclic) bond motifs is 5. The first kappa shape index (κ1) is 50.8. The summed E-state index contributed by atoms with van der Waals surface area (Å²) in [5.74, 6) is 7.59. The van der Waals surface area contributed by atoms with Gasteiger partial charge in [-0.15, -0.1) is 0 Å². The van der Waals surface area contributed by atoms with Gasteiger partial charge in [0.1, 0.15) is 0 Å². The van der Waals surface area contributed by atoms with E-state index in [0.29, 0.717) is 10.8 Å². The molecule has 342 valence electrons. The van der Waals surface area contributed by atoms with E-state index < -0.39 is 0 Å². The van der Waals surface area contributed by atoms with Crippen LogP contribution in [0.1, 0.15) is 253 Å². The van der Waals surface area contributed by atoms with Gasteiger partial charge in [0, 0.05) is 6.54 Å². The van der Waals surface area contributed by atoms with Crippen molar-refractivity contribution in [2.75, 3.05) is 20.6 Å². The fourth-order valence-corrected chi connectivity index (χ4v) is 14.0. The van der Waals surface area contributed by atoms with E-state index in [1.54, 1.807) is 0 Å². The van der Waals surface area contributed by atoms with Gasteiger partial charge >= 0.3 is 0 Å². The number of hydrogen-bond donors (Lipinski definition) is 0. The molecule has 0 aromatic rings. The molecule has 1 heteroatoms. The van der Waals surface area contributed by atoms with Crippen LogP contribution in [0.3, 0.4) is 0 Å². The van der Waals surface area contributed by atoms with Crippen molar-refractivity contribution >= 4 is 0 Å². The maximum Gasteiger partial charge on any atom is 0.000356 e. The largest absolute Gasteiger partial charge is 0.309 e. The van der Waals surface area contributed by atoms with Gasteiger partial charge < -0.3 is 4.90 Å². The second kappa shape index (κ2) is 28.1. The van der Waals surface area contributed by atoms with E-state index in [0.717, 1.165) is 53.8 Å². The molecule has 0 heterocycles. The van der Waals surface area contributed by atoms with Crippen molar-refractivity contribution in [2.45, 2.75) is 253 Å². The van der Waals surface area contributed by atoms with Crippen molar-refractivity contribution in [1.29, 1.82) is 0 Å². The standard InChI is InChI=1S/C58H105N/c1-9-10-11-12-13-14-15-16-17-18-19-20-21-22-23-24-26-30-36-51(47-59(7)8)37-31-28-25-27-29-35-50-42-44-57(5)52(46-50)38-39-53-55-41-40-54(49(4)34-32-33-48(2)3)58(55,6)45-43-56(53)57/h13-14,16-17,38,48-51,53-56H,9-12,15,18-37,39-47H2,1-8H3/b14-13-,17-16-/t49?,50-,51?,53?,54?,55?,56?,57-,58+/m0/s1. The topological polar surface area (TPSA) is 3.24 Å². The zero-order valence-electron chi connectivity index (χ0n) is 41.5. The van der Waals surface area contributed by atoms with Crippen molar-refractivity contribution in [3.8, 4) is 0 Å².